The van der Waals surface area contributed by atoms with Gasteiger partial charge < -0.3 is 14.9 Å². The van der Waals surface area contributed by atoms with Crippen LogP contribution in [-0.2, 0) is 6.54 Å². The zero-order chi connectivity index (χ0) is 16.1. The summed E-state index contributed by atoms with van der Waals surface area (Å²) >= 11 is 0. The van der Waals surface area contributed by atoms with E-state index in [-0.39, 0.29) is 5.75 Å². The molecule has 0 aromatic heterocycles. The normalized spacial score (nSPS) is 18.7. The first-order valence-electron chi connectivity index (χ1n) is 8.12. The maximum absolute atomic E-state index is 9.91. The van der Waals surface area contributed by atoms with E-state index in [1.807, 2.05) is 24.3 Å². The van der Waals surface area contributed by atoms with Crippen LogP contribution in [0.4, 0.5) is 0 Å². The van der Waals surface area contributed by atoms with Gasteiger partial charge in [-0.15, -0.1) is 0 Å². The molecular weight excluding hydrogens is 290 g/mol. The van der Waals surface area contributed by atoms with Gasteiger partial charge in [-0.25, -0.2) is 0 Å². The number of ether oxygens (including phenoxy) is 1. The molecule has 0 saturated carbocycles. The minimum absolute atomic E-state index is 0.229. The lowest BCUT2D eigenvalue weighted by Gasteiger charge is -2.32. The lowest BCUT2D eigenvalue weighted by atomic mass is 9.98. The van der Waals surface area contributed by atoms with Gasteiger partial charge in [-0.05, 0) is 37.6 Å². The van der Waals surface area contributed by atoms with E-state index in [2.05, 4.69) is 4.90 Å². The molecule has 0 spiro atoms. The first-order chi connectivity index (χ1) is 11.2. The highest BCUT2D eigenvalue weighted by atomic mass is 16.5. The smallest absolute Gasteiger partial charge is 0.122 e. The molecule has 4 nitrogen and oxygen atoms in total. The van der Waals surface area contributed by atoms with Crippen LogP contribution in [0.5, 0.6) is 17.2 Å². The van der Waals surface area contributed by atoms with Crippen LogP contribution in [0.3, 0.4) is 0 Å². The van der Waals surface area contributed by atoms with Gasteiger partial charge in [-0.1, -0.05) is 24.3 Å². The number of hydrogen-bond acceptors (Lipinski definition) is 4. The third-order valence-electron chi connectivity index (χ3n) is 4.29. The first-order valence-corrected chi connectivity index (χ1v) is 8.12. The maximum atomic E-state index is 9.91. The van der Waals surface area contributed by atoms with E-state index in [4.69, 9.17) is 4.74 Å². The Morgan fingerprint density at radius 3 is 2.78 bits per heavy atom. The van der Waals surface area contributed by atoms with Crippen LogP contribution < -0.4 is 4.74 Å². The first kappa shape index (κ1) is 15.7. The predicted molar refractivity (Wildman–Crippen MR) is 89.7 cm³/mol. The van der Waals surface area contributed by atoms with Gasteiger partial charge in [0.25, 0.3) is 0 Å². The second kappa shape index (κ2) is 7.38. The van der Waals surface area contributed by atoms with Crippen LogP contribution in [0, 0.1) is 5.92 Å². The Hall–Kier alpha value is -2.20. The van der Waals surface area contributed by atoms with Gasteiger partial charge in [0.05, 0.1) is 6.61 Å². The number of piperidine rings is 1. The Morgan fingerprint density at radius 1 is 1.09 bits per heavy atom. The SMILES string of the molecule is Oc1cccc(OCC2CCCN(Cc3ccccc3O)C2)c1. The topological polar surface area (TPSA) is 52.9 Å². The van der Waals surface area contributed by atoms with Gasteiger partial charge >= 0.3 is 0 Å². The fraction of sp³-hybridized carbons (Fsp3) is 0.368. The molecule has 1 atom stereocenters. The number of phenols is 2. The fourth-order valence-corrected chi connectivity index (χ4v) is 3.10. The summed E-state index contributed by atoms with van der Waals surface area (Å²) in [7, 11) is 0. The number of rotatable bonds is 5. The molecule has 23 heavy (non-hydrogen) atoms. The second-order valence-electron chi connectivity index (χ2n) is 6.18. The minimum atomic E-state index is 0.229. The van der Waals surface area contributed by atoms with E-state index in [1.54, 1.807) is 24.3 Å². The number of aromatic hydroxyl groups is 2. The van der Waals surface area contributed by atoms with Gasteiger partial charge in [-0.2, -0.15) is 0 Å². The number of benzene rings is 2. The molecule has 1 unspecified atom stereocenters. The van der Waals surface area contributed by atoms with Crippen LogP contribution in [0.25, 0.3) is 0 Å². The molecule has 2 N–H and O–H groups in total. The Kier molecular flexibility index (Phi) is 5.03. The van der Waals surface area contributed by atoms with Gasteiger partial charge in [0.1, 0.15) is 17.2 Å². The van der Waals surface area contributed by atoms with Crippen molar-refractivity contribution in [3.63, 3.8) is 0 Å². The molecule has 1 fully saturated rings. The molecule has 122 valence electrons. The van der Waals surface area contributed by atoms with Crippen LogP contribution >= 0.6 is 0 Å². The molecule has 2 aromatic rings. The van der Waals surface area contributed by atoms with Crippen molar-refractivity contribution < 1.29 is 14.9 Å². The lowest BCUT2D eigenvalue weighted by molar-refractivity contribution is 0.124. The highest BCUT2D eigenvalue weighted by Crippen LogP contribution is 2.24. The van der Waals surface area contributed by atoms with Crippen molar-refractivity contribution in [2.24, 2.45) is 5.92 Å². The number of para-hydroxylation sites is 1. The lowest BCUT2D eigenvalue weighted by Crippen LogP contribution is -2.37. The molecule has 1 heterocycles. The third-order valence-corrected chi connectivity index (χ3v) is 4.29. The Labute approximate surface area is 136 Å². The molecule has 4 heteroatoms. The van der Waals surface area contributed by atoms with E-state index >= 15 is 0 Å². The molecule has 1 saturated heterocycles. The molecule has 1 aliphatic heterocycles. The number of hydrogen-bond donors (Lipinski definition) is 2. The largest absolute Gasteiger partial charge is 0.508 e. The molecular formula is C19H23NO3. The fourth-order valence-electron chi connectivity index (χ4n) is 3.10. The van der Waals surface area contributed by atoms with Crippen LogP contribution in [0.2, 0.25) is 0 Å². The average Bonchev–Trinajstić information content (AvgIpc) is 2.56. The Balaban J connectivity index is 1.53. The van der Waals surface area contributed by atoms with E-state index in [0.717, 1.165) is 38.0 Å². The maximum Gasteiger partial charge on any atom is 0.122 e. The molecule has 0 aliphatic carbocycles. The molecule has 1 aliphatic rings. The molecule has 0 amide bonds. The van der Waals surface area contributed by atoms with Gasteiger partial charge in [0.15, 0.2) is 0 Å². The van der Waals surface area contributed by atoms with Gasteiger partial charge in [-0.3, -0.25) is 4.90 Å². The highest BCUT2D eigenvalue weighted by Gasteiger charge is 2.21. The van der Waals surface area contributed by atoms with E-state index < -0.39 is 0 Å². The second-order valence-corrected chi connectivity index (χ2v) is 6.18. The molecule has 2 aromatic carbocycles. The van der Waals surface area contributed by atoms with Crippen molar-refractivity contribution in [2.45, 2.75) is 19.4 Å². The summed E-state index contributed by atoms with van der Waals surface area (Å²) in [4.78, 5) is 2.37. The monoisotopic (exact) mass is 313 g/mol. The van der Waals surface area contributed by atoms with Crippen molar-refractivity contribution in [2.75, 3.05) is 19.7 Å². The summed E-state index contributed by atoms with van der Waals surface area (Å²) in [6.45, 7) is 3.44. The van der Waals surface area contributed by atoms with Crippen molar-refractivity contribution >= 4 is 0 Å². The van der Waals surface area contributed by atoms with E-state index in [9.17, 15) is 10.2 Å². The van der Waals surface area contributed by atoms with E-state index in [1.165, 1.54) is 0 Å². The predicted octanol–water partition coefficient (Wildman–Crippen LogP) is 3.39. The van der Waals surface area contributed by atoms with Crippen molar-refractivity contribution in [3.8, 4) is 17.2 Å². The average molecular weight is 313 g/mol. The molecule has 0 radical (unpaired) electrons. The summed E-state index contributed by atoms with van der Waals surface area (Å²) in [5.41, 5.74) is 0.974. The van der Waals surface area contributed by atoms with Crippen LogP contribution in [0.15, 0.2) is 48.5 Å². The summed E-state index contributed by atoms with van der Waals surface area (Å²) in [5.74, 6) is 1.78. The quantitative estimate of drug-likeness (QED) is 0.888. The van der Waals surface area contributed by atoms with Crippen molar-refractivity contribution in [3.05, 3.63) is 54.1 Å². The zero-order valence-corrected chi connectivity index (χ0v) is 13.2. The van der Waals surface area contributed by atoms with Crippen LogP contribution in [-0.4, -0.2) is 34.8 Å². The molecule has 0 bridgehead atoms. The van der Waals surface area contributed by atoms with Crippen LogP contribution in [0.1, 0.15) is 18.4 Å². The van der Waals surface area contributed by atoms with E-state index in [0.29, 0.717) is 24.0 Å². The summed E-state index contributed by atoms with van der Waals surface area (Å²) in [6, 6.07) is 14.5. The zero-order valence-electron chi connectivity index (χ0n) is 13.2. The standard InChI is InChI=1S/C19H23NO3/c21-17-7-3-8-18(11-17)23-14-15-5-4-10-20(12-15)13-16-6-1-2-9-19(16)22/h1-3,6-9,11,15,21-22H,4-5,10,12-14H2. The van der Waals surface area contributed by atoms with Crippen molar-refractivity contribution in [1.29, 1.82) is 0 Å². The van der Waals surface area contributed by atoms with Gasteiger partial charge in [0.2, 0.25) is 0 Å². The summed E-state index contributed by atoms with van der Waals surface area (Å²) in [6.07, 6.45) is 2.29. The summed E-state index contributed by atoms with van der Waals surface area (Å²) in [5, 5.41) is 19.4. The molecule has 3 rings (SSSR count). The van der Waals surface area contributed by atoms with Crippen molar-refractivity contribution in [1.82, 2.24) is 4.90 Å². The minimum Gasteiger partial charge on any atom is -0.508 e. The number of phenolic OH excluding ortho intramolecular Hbond substituents is 2. The number of likely N-dealkylation sites (tertiary alicyclic amines) is 1. The number of nitrogens with zero attached hydrogens (tertiary/aromatic N) is 1. The summed E-state index contributed by atoms with van der Waals surface area (Å²) < 4.78 is 5.81. The Morgan fingerprint density at radius 2 is 1.96 bits per heavy atom. The Bertz CT molecular complexity index is 644. The highest BCUT2D eigenvalue weighted by molar-refractivity contribution is 5.32. The van der Waals surface area contributed by atoms with Gasteiger partial charge in [0, 0.05) is 30.6 Å². The third kappa shape index (κ3) is 4.39.